The number of aryl methyl sites for hydroxylation is 1. The fourth-order valence-corrected chi connectivity index (χ4v) is 4.11. The predicted molar refractivity (Wildman–Crippen MR) is 83.9 cm³/mol. The SMILES string of the molecule is Cc1c(C(=O)Cc2cccs2)sc2ccc(Cl)cc12. The molecular formula is C15H11ClOS2. The summed E-state index contributed by atoms with van der Waals surface area (Å²) in [6.07, 6.45) is 0.485. The fourth-order valence-electron chi connectivity index (χ4n) is 2.11. The third-order valence-electron chi connectivity index (χ3n) is 3.07. The van der Waals surface area contributed by atoms with E-state index in [0.717, 1.165) is 25.4 Å². The molecule has 3 aromatic rings. The van der Waals surface area contributed by atoms with E-state index in [2.05, 4.69) is 0 Å². The summed E-state index contributed by atoms with van der Waals surface area (Å²) in [6.45, 7) is 2.00. The number of benzene rings is 1. The van der Waals surface area contributed by atoms with Gasteiger partial charge in [0, 0.05) is 21.0 Å². The van der Waals surface area contributed by atoms with Gasteiger partial charge in [0.25, 0.3) is 0 Å². The maximum absolute atomic E-state index is 12.4. The van der Waals surface area contributed by atoms with Crippen molar-refractivity contribution in [3.8, 4) is 0 Å². The fraction of sp³-hybridized carbons (Fsp3) is 0.133. The minimum atomic E-state index is 0.192. The molecule has 0 spiro atoms. The van der Waals surface area contributed by atoms with Gasteiger partial charge in [0.1, 0.15) is 0 Å². The summed E-state index contributed by atoms with van der Waals surface area (Å²) in [5.74, 6) is 0.192. The van der Waals surface area contributed by atoms with E-state index in [4.69, 9.17) is 11.6 Å². The summed E-state index contributed by atoms with van der Waals surface area (Å²) in [5.41, 5.74) is 1.05. The monoisotopic (exact) mass is 306 g/mol. The zero-order valence-corrected chi connectivity index (χ0v) is 12.7. The Bertz CT molecular complexity index is 741. The summed E-state index contributed by atoms with van der Waals surface area (Å²) in [6, 6.07) is 9.77. The number of ketones is 1. The van der Waals surface area contributed by atoms with Gasteiger partial charge in [-0.15, -0.1) is 22.7 Å². The van der Waals surface area contributed by atoms with E-state index in [-0.39, 0.29) is 5.78 Å². The van der Waals surface area contributed by atoms with Crippen LogP contribution in [0.2, 0.25) is 5.02 Å². The number of carbonyl (C=O) groups is 1. The van der Waals surface area contributed by atoms with Gasteiger partial charge in [-0.2, -0.15) is 0 Å². The smallest absolute Gasteiger partial charge is 0.178 e. The number of thiophene rings is 2. The number of carbonyl (C=O) groups excluding carboxylic acids is 1. The quantitative estimate of drug-likeness (QED) is 0.596. The third kappa shape index (κ3) is 2.46. The van der Waals surface area contributed by atoms with Crippen molar-refractivity contribution in [2.75, 3.05) is 0 Å². The summed E-state index contributed by atoms with van der Waals surface area (Å²) >= 11 is 9.20. The summed E-state index contributed by atoms with van der Waals surface area (Å²) in [4.78, 5) is 14.3. The molecule has 2 heterocycles. The number of hydrogen-bond acceptors (Lipinski definition) is 3. The van der Waals surface area contributed by atoms with Gasteiger partial charge >= 0.3 is 0 Å². The Morgan fingerprint density at radius 2 is 2.16 bits per heavy atom. The molecule has 0 saturated heterocycles. The Labute approximate surface area is 124 Å². The Morgan fingerprint density at radius 3 is 2.89 bits per heavy atom. The first kappa shape index (κ1) is 12.9. The van der Waals surface area contributed by atoms with Gasteiger partial charge in [0.15, 0.2) is 5.78 Å². The molecule has 4 heteroatoms. The second-order valence-corrected chi connectivity index (χ2v) is 6.90. The normalized spacial score (nSPS) is 11.1. The average Bonchev–Trinajstić information content (AvgIpc) is 2.98. The lowest BCUT2D eigenvalue weighted by Gasteiger charge is -1.97. The van der Waals surface area contributed by atoms with Crippen molar-refractivity contribution < 1.29 is 4.79 Å². The average molecular weight is 307 g/mol. The molecule has 0 fully saturated rings. The molecule has 0 aliphatic carbocycles. The van der Waals surface area contributed by atoms with Crippen molar-refractivity contribution in [2.45, 2.75) is 13.3 Å². The molecule has 0 aliphatic rings. The van der Waals surface area contributed by atoms with Crippen LogP contribution in [0.15, 0.2) is 35.7 Å². The van der Waals surface area contributed by atoms with Crippen molar-refractivity contribution in [1.82, 2.24) is 0 Å². The van der Waals surface area contributed by atoms with Crippen LogP contribution >= 0.6 is 34.3 Å². The van der Waals surface area contributed by atoms with Crippen LogP contribution in [0.1, 0.15) is 20.1 Å². The molecule has 0 radical (unpaired) electrons. The molecule has 3 rings (SSSR count). The van der Waals surface area contributed by atoms with E-state index in [1.807, 2.05) is 42.6 Å². The van der Waals surface area contributed by atoms with E-state index >= 15 is 0 Å². The third-order valence-corrected chi connectivity index (χ3v) is 5.49. The second kappa shape index (κ2) is 5.08. The lowest BCUT2D eigenvalue weighted by Crippen LogP contribution is -2.01. The molecule has 0 unspecified atom stereocenters. The molecule has 0 amide bonds. The largest absolute Gasteiger partial charge is 0.293 e. The highest BCUT2D eigenvalue weighted by Gasteiger charge is 2.16. The lowest BCUT2D eigenvalue weighted by atomic mass is 10.1. The molecule has 0 saturated carbocycles. The van der Waals surface area contributed by atoms with Crippen LogP contribution < -0.4 is 0 Å². The Hall–Kier alpha value is -1.16. The summed E-state index contributed by atoms with van der Waals surface area (Å²) < 4.78 is 1.12. The molecule has 1 nitrogen and oxygen atoms in total. The van der Waals surface area contributed by atoms with E-state index in [9.17, 15) is 4.79 Å². The first-order valence-electron chi connectivity index (χ1n) is 5.89. The van der Waals surface area contributed by atoms with Crippen LogP contribution in [0.4, 0.5) is 0 Å². The Kier molecular flexibility index (Phi) is 3.44. The lowest BCUT2D eigenvalue weighted by molar-refractivity contribution is 0.0997. The standard InChI is InChI=1S/C15H11ClOS2/c1-9-12-7-10(16)4-5-14(12)19-15(9)13(17)8-11-3-2-6-18-11/h2-7H,8H2,1H3. The van der Waals surface area contributed by atoms with Gasteiger partial charge in [-0.05, 0) is 47.5 Å². The molecule has 0 bridgehead atoms. The minimum Gasteiger partial charge on any atom is -0.293 e. The molecule has 0 atom stereocenters. The highest BCUT2D eigenvalue weighted by molar-refractivity contribution is 7.21. The van der Waals surface area contributed by atoms with Crippen LogP contribution in [0.5, 0.6) is 0 Å². The number of hydrogen-bond donors (Lipinski definition) is 0. The number of rotatable bonds is 3. The molecule has 0 N–H and O–H groups in total. The van der Waals surface area contributed by atoms with E-state index in [0.29, 0.717) is 11.4 Å². The van der Waals surface area contributed by atoms with E-state index in [1.54, 1.807) is 22.7 Å². The second-order valence-electron chi connectivity index (χ2n) is 4.38. The number of halogens is 1. The topological polar surface area (TPSA) is 17.1 Å². The first-order chi connectivity index (χ1) is 9.15. The number of fused-ring (bicyclic) bond motifs is 1. The molecule has 0 aliphatic heterocycles. The number of Topliss-reactive ketones (excluding diaryl/α,β-unsaturated/α-hetero) is 1. The van der Waals surface area contributed by atoms with Crippen LogP contribution in [0.3, 0.4) is 0 Å². The molecule has 96 valence electrons. The van der Waals surface area contributed by atoms with Crippen molar-refractivity contribution in [2.24, 2.45) is 0 Å². The highest BCUT2D eigenvalue weighted by Crippen LogP contribution is 2.33. The molecule has 19 heavy (non-hydrogen) atoms. The van der Waals surface area contributed by atoms with Gasteiger partial charge in [0.2, 0.25) is 0 Å². The summed E-state index contributed by atoms with van der Waals surface area (Å²) in [7, 11) is 0. The van der Waals surface area contributed by atoms with Gasteiger partial charge in [0.05, 0.1) is 4.88 Å². The zero-order chi connectivity index (χ0) is 13.4. The zero-order valence-electron chi connectivity index (χ0n) is 10.3. The highest BCUT2D eigenvalue weighted by atomic mass is 35.5. The van der Waals surface area contributed by atoms with Crippen LogP contribution in [0.25, 0.3) is 10.1 Å². The van der Waals surface area contributed by atoms with Crippen molar-refractivity contribution >= 4 is 50.1 Å². The van der Waals surface area contributed by atoms with Gasteiger partial charge in [-0.25, -0.2) is 0 Å². The van der Waals surface area contributed by atoms with Crippen molar-refractivity contribution in [3.05, 3.63) is 56.1 Å². The predicted octanol–water partition coefficient (Wildman–Crippen LogP) is 5.35. The summed E-state index contributed by atoms with van der Waals surface area (Å²) in [5, 5.41) is 3.80. The Morgan fingerprint density at radius 1 is 1.32 bits per heavy atom. The van der Waals surface area contributed by atoms with Crippen molar-refractivity contribution in [3.63, 3.8) is 0 Å². The minimum absolute atomic E-state index is 0.192. The van der Waals surface area contributed by atoms with E-state index < -0.39 is 0 Å². The van der Waals surface area contributed by atoms with Crippen molar-refractivity contribution in [1.29, 1.82) is 0 Å². The van der Waals surface area contributed by atoms with E-state index in [1.165, 1.54) is 0 Å². The van der Waals surface area contributed by atoms with Crippen LogP contribution in [0, 0.1) is 6.92 Å². The van der Waals surface area contributed by atoms with Crippen LogP contribution in [-0.2, 0) is 6.42 Å². The Balaban J connectivity index is 2.00. The van der Waals surface area contributed by atoms with Crippen LogP contribution in [-0.4, -0.2) is 5.78 Å². The maximum Gasteiger partial charge on any atom is 0.178 e. The first-order valence-corrected chi connectivity index (χ1v) is 7.97. The molecular weight excluding hydrogens is 296 g/mol. The molecule has 1 aromatic carbocycles. The van der Waals surface area contributed by atoms with Gasteiger partial charge in [-0.1, -0.05) is 17.7 Å². The van der Waals surface area contributed by atoms with Gasteiger partial charge in [-0.3, -0.25) is 4.79 Å². The molecule has 2 aromatic heterocycles. The van der Waals surface area contributed by atoms with Gasteiger partial charge < -0.3 is 0 Å². The maximum atomic E-state index is 12.4.